The molecule has 1 aliphatic rings. The molecule has 1 heterocycles. The highest BCUT2D eigenvalue weighted by Crippen LogP contribution is 2.19. The maximum atomic E-state index is 13.5. The van der Waals surface area contributed by atoms with Crippen LogP contribution in [-0.2, 0) is 4.74 Å². The summed E-state index contributed by atoms with van der Waals surface area (Å²) in [5.74, 6) is -1.38. The largest absolute Gasteiger partial charge is 0.376 e. The highest BCUT2D eigenvalue weighted by atomic mass is 19.1. The molecule has 6 nitrogen and oxygen atoms in total. The zero-order valence-corrected chi connectivity index (χ0v) is 11.8. The standard InChI is InChI=1S/C14H17FN2O4/c1-16(9-11-4-2-3-7-21-11)14(18)10-5-6-13(17(19)20)12(15)8-10/h5-6,8,11H,2-4,7,9H2,1H3. The molecule has 114 valence electrons. The predicted octanol–water partition coefficient (Wildman–Crippen LogP) is 2.38. The van der Waals surface area contributed by atoms with Gasteiger partial charge < -0.3 is 9.64 Å². The first-order chi connectivity index (χ1) is 9.99. The molecule has 0 N–H and O–H groups in total. The van der Waals surface area contributed by atoms with E-state index in [0.29, 0.717) is 13.2 Å². The van der Waals surface area contributed by atoms with Gasteiger partial charge >= 0.3 is 5.69 Å². The lowest BCUT2D eigenvalue weighted by Gasteiger charge is -2.27. The van der Waals surface area contributed by atoms with Gasteiger partial charge in [0.25, 0.3) is 5.91 Å². The number of carbonyl (C=O) groups is 1. The second-order valence-electron chi connectivity index (χ2n) is 5.10. The van der Waals surface area contributed by atoms with Crippen molar-refractivity contribution in [3.63, 3.8) is 0 Å². The summed E-state index contributed by atoms with van der Waals surface area (Å²) in [4.78, 5) is 23.4. The highest BCUT2D eigenvalue weighted by Gasteiger charge is 2.22. The Hall–Kier alpha value is -2.02. The predicted molar refractivity (Wildman–Crippen MR) is 73.6 cm³/mol. The smallest absolute Gasteiger partial charge is 0.304 e. The summed E-state index contributed by atoms with van der Waals surface area (Å²) in [6.07, 6.45) is 2.99. The Bertz CT molecular complexity index is 544. The van der Waals surface area contributed by atoms with Crippen molar-refractivity contribution in [2.24, 2.45) is 0 Å². The third-order valence-electron chi connectivity index (χ3n) is 3.49. The van der Waals surface area contributed by atoms with Gasteiger partial charge in [-0.2, -0.15) is 4.39 Å². The summed E-state index contributed by atoms with van der Waals surface area (Å²) < 4.78 is 19.1. The van der Waals surface area contributed by atoms with Crippen LogP contribution in [0.1, 0.15) is 29.6 Å². The molecule has 2 rings (SSSR count). The molecule has 0 radical (unpaired) electrons. The van der Waals surface area contributed by atoms with Gasteiger partial charge in [-0.15, -0.1) is 0 Å². The lowest BCUT2D eigenvalue weighted by atomic mass is 10.1. The van der Waals surface area contributed by atoms with Crippen LogP contribution in [0.3, 0.4) is 0 Å². The molecular formula is C14H17FN2O4. The Kier molecular flexibility index (Phi) is 4.85. The zero-order chi connectivity index (χ0) is 15.4. The average Bonchev–Trinajstić information content (AvgIpc) is 2.47. The number of amides is 1. The molecule has 1 amide bonds. The van der Waals surface area contributed by atoms with E-state index in [1.807, 2.05) is 0 Å². The fourth-order valence-corrected chi connectivity index (χ4v) is 2.35. The van der Waals surface area contributed by atoms with E-state index >= 15 is 0 Å². The van der Waals surface area contributed by atoms with E-state index in [0.717, 1.165) is 31.4 Å². The van der Waals surface area contributed by atoms with E-state index in [1.165, 1.54) is 11.0 Å². The van der Waals surface area contributed by atoms with Crippen LogP contribution in [0.15, 0.2) is 18.2 Å². The number of nitro benzene ring substituents is 1. The van der Waals surface area contributed by atoms with Crippen LogP contribution in [0.2, 0.25) is 0 Å². The topological polar surface area (TPSA) is 72.7 Å². The third-order valence-corrected chi connectivity index (χ3v) is 3.49. The monoisotopic (exact) mass is 296 g/mol. The summed E-state index contributed by atoms with van der Waals surface area (Å²) in [6.45, 7) is 1.12. The van der Waals surface area contributed by atoms with E-state index < -0.39 is 16.4 Å². The van der Waals surface area contributed by atoms with Crippen molar-refractivity contribution in [2.45, 2.75) is 25.4 Å². The fourth-order valence-electron chi connectivity index (χ4n) is 2.35. The van der Waals surface area contributed by atoms with Crippen LogP contribution < -0.4 is 0 Å². The number of nitro groups is 1. The molecule has 1 atom stereocenters. The number of rotatable bonds is 4. The summed E-state index contributed by atoms with van der Waals surface area (Å²) in [5.41, 5.74) is -0.541. The van der Waals surface area contributed by atoms with Crippen LogP contribution in [0.5, 0.6) is 0 Å². The van der Waals surface area contributed by atoms with Gasteiger partial charge in [0, 0.05) is 31.8 Å². The van der Waals surface area contributed by atoms with Crippen molar-refractivity contribution in [3.05, 3.63) is 39.7 Å². The first-order valence-corrected chi connectivity index (χ1v) is 6.80. The van der Waals surface area contributed by atoms with Gasteiger partial charge in [0.2, 0.25) is 5.82 Å². The molecule has 21 heavy (non-hydrogen) atoms. The van der Waals surface area contributed by atoms with Gasteiger partial charge in [-0.25, -0.2) is 0 Å². The van der Waals surface area contributed by atoms with Gasteiger partial charge in [-0.3, -0.25) is 14.9 Å². The average molecular weight is 296 g/mol. The quantitative estimate of drug-likeness (QED) is 0.631. The Morgan fingerprint density at radius 1 is 1.52 bits per heavy atom. The molecule has 0 aromatic heterocycles. The number of benzene rings is 1. The van der Waals surface area contributed by atoms with Gasteiger partial charge in [0.05, 0.1) is 11.0 Å². The van der Waals surface area contributed by atoms with E-state index in [9.17, 15) is 19.3 Å². The Balaban J connectivity index is 2.04. The number of hydrogen-bond acceptors (Lipinski definition) is 4. The maximum Gasteiger partial charge on any atom is 0.304 e. The van der Waals surface area contributed by atoms with Crippen LogP contribution in [-0.4, -0.2) is 42.0 Å². The zero-order valence-electron chi connectivity index (χ0n) is 11.8. The van der Waals surface area contributed by atoms with Gasteiger partial charge in [0.15, 0.2) is 0 Å². The molecule has 0 bridgehead atoms. The number of likely N-dealkylation sites (N-methyl/N-ethyl adjacent to an activating group) is 1. The van der Waals surface area contributed by atoms with Gasteiger partial charge in [-0.05, 0) is 31.4 Å². The first-order valence-electron chi connectivity index (χ1n) is 6.80. The van der Waals surface area contributed by atoms with Gasteiger partial charge in [-0.1, -0.05) is 0 Å². The first kappa shape index (κ1) is 15.4. The minimum Gasteiger partial charge on any atom is -0.376 e. The Morgan fingerprint density at radius 2 is 2.29 bits per heavy atom. The SMILES string of the molecule is CN(CC1CCCCO1)C(=O)c1ccc([N+](=O)[O-])c(F)c1. The normalized spacial score (nSPS) is 18.3. The highest BCUT2D eigenvalue weighted by molar-refractivity contribution is 5.94. The van der Waals surface area contributed by atoms with Crippen molar-refractivity contribution in [1.29, 1.82) is 0 Å². The molecule has 1 aromatic rings. The van der Waals surface area contributed by atoms with E-state index in [-0.39, 0.29) is 17.6 Å². The number of halogens is 1. The summed E-state index contributed by atoms with van der Waals surface area (Å²) in [6, 6.07) is 3.17. The van der Waals surface area contributed by atoms with Crippen molar-refractivity contribution in [1.82, 2.24) is 4.90 Å². The number of ether oxygens (including phenoxy) is 1. The van der Waals surface area contributed by atoms with E-state index in [4.69, 9.17) is 4.74 Å². The minimum atomic E-state index is -1.01. The van der Waals surface area contributed by atoms with Crippen molar-refractivity contribution in [3.8, 4) is 0 Å². The molecule has 1 fully saturated rings. The number of nitrogens with zero attached hydrogens (tertiary/aromatic N) is 2. The summed E-state index contributed by atoms with van der Waals surface area (Å²) >= 11 is 0. The Labute approximate surface area is 121 Å². The summed E-state index contributed by atoms with van der Waals surface area (Å²) in [5, 5.41) is 10.6. The molecule has 1 aliphatic heterocycles. The fraction of sp³-hybridized carbons (Fsp3) is 0.500. The van der Waals surface area contributed by atoms with Crippen molar-refractivity contribution in [2.75, 3.05) is 20.2 Å². The molecule has 0 aliphatic carbocycles. The number of carbonyl (C=O) groups excluding carboxylic acids is 1. The molecule has 0 saturated carbocycles. The van der Waals surface area contributed by atoms with Crippen molar-refractivity contribution >= 4 is 11.6 Å². The third kappa shape index (κ3) is 3.75. The summed E-state index contributed by atoms with van der Waals surface area (Å²) in [7, 11) is 1.61. The minimum absolute atomic E-state index is 0.00408. The van der Waals surface area contributed by atoms with E-state index in [1.54, 1.807) is 7.05 Å². The molecular weight excluding hydrogens is 279 g/mol. The molecule has 1 unspecified atom stereocenters. The van der Waals surface area contributed by atoms with Crippen LogP contribution in [0.25, 0.3) is 0 Å². The van der Waals surface area contributed by atoms with Crippen LogP contribution in [0.4, 0.5) is 10.1 Å². The van der Waals surface area contributed by atoms with Crippen molar-refractivity contribution < 1.29 is 18.8 Å². The van der Waals surface area contributed by atoms with E-state index in [2.05, 4.69) is 0 Å². The van der Waals surface area contributed by atoms with Gasteiger partial charge in [0.1, 0.15) is 0 Å². The maximum absolute atomic E-state index is 13.5. The van der Waals surface area contributed by atoms with Crippen LogP contribution in [0, 0.1) is 15.9 Å². The molecule has 7 heteroatoms. The van der Waals surface area contributed by atoms with Crippen LogP contribution >= 0.6 is 0 Å². The molecule has 1 aromatic carbocycles. The number of hydrogen-bond donors (Lipinski definition) is 0. The lowest BCUT2D eigenvalue weighted by Crippen LogP contribution is -2.37. The Morgan fingerprint density at radius 3 is 2.86 bits per heavy atom. The lowest BCUT2D eigenvalue weighted by molar-refractivity contribution is -0.387. The second-order valence-corrected chi connectivity index (χ2v) is 5.10. The molecule has 1 saturated heterocycles. The second kappa shape index (κ2) is 6.62. The molecule has 0 spiro atoms.